The molecule has 2 aromatic heterocycles. The molecule has 0 aliphatic heterocycles. The lowest BCUT2D eigenvalue weighted by molar-refractivity contribution is 0.532. The first-order chi connectivity index (χ1) is 18.3. The summed E-state index contributed by atoms with van der Waals surface area (Å²) in [4.78, 5) is 0.829. The molecule has 0 fully saturated rings. The first kappa shape index (κ1) is 27.5. The number of hydrogen-bond acceptors (Lipinski definition) is 4. The Morgan fingerprint density at radius 2 is 1.16 bits per heavy atom. The predicted octanol–water partition coefficient (Wildman–Crippen LogP) is 9.93. The molecule has 5 heteroatoms. The van der Waals surface area contributed by atoms with Crippen LogP contribution < -0.4 is 0 Å². The Morgan fingerprint density at radius 1 is 0.595 bits per heavy atom. The van der Waals surface area contributed by atoms with E-state index in [1.165, 1.54) is 108 Å². The summed E-state index contributed by atoms with van der Waals surface area (Å²) in [5.74, 6) is 0.794. The van der Waals surface area contributed by atoms with Crippen molar-refractivity contribution in [2.45, 2.75) is 110 Å². The summed E-state index contributed by atoms with van der Waals surface area (Å²) in [6.07, 6.45) is 22.4. The van der Waals surface area contributed by atoms with Crippen LogP contribution in [0.5, 0.6) is 0 Å². The zero-order chi connectivity index (χ0) is 25.5. The van der Waals surface area contributed by atoms with Gasteiger partial charge in [0.25, 0.3) is 0 Å². The lowest BCUT2D eigenvalue weighted by atomic mass is 10.0. The predicted molar refractivity (Wildman–Crippen MR) is 158 cm³/mol. The highest BCUT2D eigenvalue weighted by Crippen LogP contribution is 2.28. The van der Waals surface area contributed by atoms with E-state index in [1.807, 2.05) is 34.8 Å². The van der Waals surface area contributed by atoms with E-state index in [1.54, 1.807) is 11.3 Å². The van der Waals surface area contributed by atoms with Crippen molar-refractivity contribution in [2.75, 3.05) is 0 Å². The maximum Gasteiger partial charge on any atom is 0.235 e. The maximum absolute atomic E-state index is 4.80. The van der Waals surface area contributed by atoms with Gasteiger partial charge in [0.2, 0.25) is 4.96 Å². The highest BCUT2D eigenvalue weighted by molar-refractivity contribution is 7.19. The highest BCUT2D eigenvalue weighted by atomic mass is 32.1. The van der Waals surface area contributed by atoms with Gasteiger partial charge in [-0.2, -0.15) is 9.61 Å². The van der Waals surface area contributed by atoms with Gasteiger partial charge >= 0.3 is 0 Å². The van der Waals surface area contributed by atoms with Gasteiger partial charge in [0.1, 0.15) is 5.01 Å². The van der Waals surface area contributed by atoms with Crippen LogP contribution in [0.15, 0.2) is 54.6 Å². The van der Waals surface area contributed by atoms with Crippen LogP contribution in [0.25, 0.3) is 26.9 Å². The van der Waals surface area contributed by atoms with E-state index in [0.717, 1.165) is 26.9 Å². The topological polar surface area (TPSA) is 43.1 Å². The Bertz CT molecular complexity index is 1150. The van der Waals surface area contributed by atoms with Gasteiger partial charge in [-0.3, -0.25) is 0 Å². The first-order valence-corrected chi connectivity index (χ1v) is 15.5. The van der Waals surface area contributed by atoms with E-state index < -0.39 is 0 Å². The van der Waals surface area contributed by atoms with Gasteiger partial charge in [-0.15, -0.1) is 10.2 Å². The molecule has 198 valence electrons. The molecule has 0 N–H and O–H groups in total. The molecule has 4 rings (SSSR count). The van der Waals surface area contributed by atoms with Crippen molar-refractivity contribution in [3.63, 3.8) is 0 Å². The van der Waals surface area contributed by atoms with E-state index in [4.69, 9.17) is 5.10 Å². The Balaban J connectivity index is 1.08. The second-order valence-electron chi connectivity index (χ2n) is 10.4. The van der Waals surface area contributed by atoms with Crippen LogP contribution in [-0.2, 0) is 6.42 Å². The molecular weight excluding hydrogens is 472 g/mol. The molecule has 0 radical (unpaired) electrons. The van der Waals surface area contributed by atoms with Crippen LogP contribution in [0.4, 0.5) is 0 Å². The van der Waals surface area contributed by atoms with Gasteiger partial charge in [0, 0.05) is 11.1 Å². The average Bonchev–Trinajstić information content (AvgIpc) is 3.53. The fraction of sp³-hybridized carbons (Fsp3) is 0.531. The van der Waals surface area contributed by atoms with Gasteiger partial charge in [0.15, 0.2) is 5.82 Å². The molecule has 2 heterocycles. The van der Waals surface area contributed by atoms with Crippen LogP contribution in [-0.4, -0.2) is 19.8 Å². The maximum atomic E-state index is 4.80. The van der Waals surface area contributed by atoms with Crippen LogP contribution in [0, 0.1) is 0 Å². The summed E-state index contributed by atoms with van der Waals surface area (Å²) < 4.78 is 1.86. The molecule has 0 aliphatic rings. The SMILES string of the molecule is CCCCCCCCCCCCCCCCCc1ccc(-c2nn3c(-c4ccccc4)nnc3s2)cc1. The standard InChI is InChI=1S/C32H44N4S/c1-2-3-4-5-6-7-8-9-10-11-12-13-14-15-17-20-27-23-25-29(26-24-27)31-35-36-30(33-34-32(36)37-31)28-21-18-16-19-22-28/h16,18-19,21-26H,2-15,17,20H2,1H3. The number of hydrogen-bond donors (Lipinski definition) is 0. The van der Waals surface area contributed by atoms with Gasteiger partial charge in [0.05, 0.1) is 0 Å². The van der Waals surface area contributed by atoms with Gasteiger partial charge in [-0.25, -0.2) is 0 Å². The molecule has 0 aliphatic carbocycles. The van der Waals surface area contributed by atoms with Crippen LogP contribution in [0.1, 0.15) is 109 Å². The summed E-state index contributed by atoms with van der Waals surface area (Å²) >= 11 is 1.59. The summed E-state index contributed by atoms with van der Waals surface area (Å²) in [5, 5.41) is 14.4. The lowest BCUT2D eigenvalue weighted by Crippen LogP contribution is -1.91. The molecule has 0 amide bonds. The second kappa shape index (κ2) is 15.7. The molecule has 0 unspecified atom stereocenters. The Kier molecular flexibility index (Phi) is 11.6. The van der Waals surface area contributed by atoms with E-state index in [0.29, 0.717) is 0 Å². The fourth-order valence-electron chi connectivity index (χ4n) is 5.02. The molecule has 0 bridgehead atoms. The number of aryl methyl sites for hydroxylation is 1. The normalized spacial score (nSPS) is 11.5. The monoisotopic (exact) mass is 516 g/mol. The van der Waals surface area contributed by atoms with E-state index >= 15 is 0 Å². The Hall–Kier alpha value is -2.53. The minimum Gasteiger partial charge on any atom is -0.182 e. The van der Waals surface area contributed by atoms with E-state index in [9.17, 15) is 0 Å². The number of unbranched alkanes of at least 4 members (excludes halogenated alkanes) is 14. The summed E-state index contributed by atoms with van der Waals surface area (Å²) in [5.41, 5.74) is 3.60. The molecule has 37 heavy (non-hydrogen) atoms. The molecule has 0 spiro atoms. The number of aromatic nitrogens is 4. The largest absolute Gasteiger partial charge is 0.235 e. The Morgan fingerprint density at radius 3 is 1.76 bits per heavy atom. The smallest absolute Gasteiger partial charge is 0.182 e. The lowest BCUT2D eigenvalue weighted by Gasteiger charge is -2.04. The van der Waals surface area contributed by atoms with Crippen LogP contribution >= 0.6 is 11.3 Å². The zero-order valence-corrected chi connectivity index (χ0v) is 23.5. The number of fused-ring (bicyclic) bond motifs is 1. The first-order valence-electron chi connectivity index (χ1n) is 14.7. The van der Waals surface area contributed by atoms with Gasteiger partial charge in [-0.1, -0.05) is 163 Å². The third-order valence-corrected chi connectivity index (χ3v) is 8.24. The Labute approximate surface area is 227 Å². The van der Waals surface area contributed by atoms with Crippen molar-refractivity contribution in [3.05, 3.63) is 60.2 Å². The number of nitrogens with zero attached hydrogens (tertiary/aromatic N) is 4. The van der Waals surface area contributed by atoms with Crippen molar-refractivity contribution < 1.29 is 0 Å². The molecule has 0 saturated heterocycles. The van der Waals surface area contributed by atoms with E-state index in [-0.39, 0.29) is 0 Å². The fourth-order valence-corrected chi connectivity index (χ4v) is 5.86. The minimum absolute atomic E-state index is 0.794. The van der Waals surface area contributed by atoms with Crippen LogP contribution in [0.3, 0.4) is 0 Å². The average molecular weight is 517 g/mol. The molecular formula is C32H44N4S. The van der Waals surface area contributed by atoms with Crippen molar-refractivity contribution in [1.82, 2.24) is 19.8 Å². The van der Waals surface area contributed by atoms with Crippen molar-refractivity contribution in [2.24, 2.45) is 0 Å². The molecule has 0 saturated carbocycles. The second-order valence-corrected chi connectivity index (χ2v) is 11.3. The molecule has 4 nitrogen and oxygen atoms in total. The third kappa shape index (κ3) is 8.77. The molecule has 0 atom stereocenters. The quantitative estimate of drug-likeness (QED) is 0.124. The number of benzene rings is 2. The summed E-state index contributed by atoms with van der Waals surface area (Å²) in [7, 11) is 0. The molecule has 2 aromatic carbocycles. The van der Waals surface area contributed by atoms with E-state index in [2.05, 4.69) is 41.4 Å². The third-order valence-electron chi connectivity index (χ3n) is 7.29. The summed E-state index contributed by atoms with van der Waals surface area (Å²) in [6.45, 7) is 2.29. The highest BCUT2D eigenvalue weighted by Gasteiger charge is 2.14. The summed E-state index contributed by atoms with van der Waals surface area (Å²) in [6, 6.07) is 19.1. The van der Waals surface area contributed by atoms with Crippen molar-refractivity contribution in [3.8, 4) is 22.0 Å². The number of rotatable bonds is 18. The molecule has 4 aromatic rings. The van der Waals surface area contributed by atoms with Crippen molar-refractivity contribution in [1.29, 1.82) is 0 Å². The minimum atomic E-state index is 0.794. The van der Waals surface area contributed by atoms with Crippen molar-refractivity contribution >= 4 is 16.3 Å². The van der Waals surface area contributed by atoms with Gasteiger partial charge in [-0.05, 0) is 18.4 Å². The van der Waals surface area contributed by atoms with Gasteiger partial charge < -0.3 is 0 Å². The zero-order valence-electron chi connectivity index (χ0n) is 22.7. The van der Waals surface area contributed by atoms with Crippen LogP contribution in [0.2, 0.25) is 0 Å².